The molecule has 0 spiro atoms. The molecule has 1 saturated heterocycles. The van der Waals surface area contributed by atoms with Crippen LogP contribution in [0.25, 0.3) is 16.7 Å². The number of piperazine rings is 1. The van der Waals surface area contributed by atoms with Crippen LogP contribution in [0.15, 0.2) is 24.3 Å². The van der Waals surface area contributed by atoms with Gasteiger partial charge in [-0.25, -0.2) is 4.98 Å². The summed E-state index contributed by atoms with van der Waals surface area (Å²) in [6.45, 7) is 4.87. The van der Waals surface area contributed by atoms with Crippen molar-refractivity contribution in [3.05, 3.63) is 41.0 Å². The van der Waals surface area contributed by atoms with Crippen molar-refractivity contribution in [1.29, 1.82) is 5.26 Å². The standard InChI is InChI=1S/C18H17N5O.CH4/c19-9-12-13-10-24-11-14(13)18(22-7-5-20-6-8-22)23-16-4-2-1-3-15(16)21-17(12)23;/h1-4,20H,5-8,10-11H2;1H4. The van der Waals surface area contributed by atoms with Crippen LogP contribution in [0.5, 0.6) is 0 Å². The fourth-order valence-corrected chi connectivity index (χ4v) is 3.86. The van der Waals surface area contributed by atoms with Crippen LogP contribution in [0.1, 0.15) is 24.1 Å². The van der Waals surface area contributed by atoms with Gasteiger partial charge in [0.05, 0.1) is 24.2 Å². The number of nitrogens with one attached hydrogen (secondary N) is 1. The Balaban J connectivity index is 0.00000157. The highest BCUT2D eigenvalue weighted by atomic mass is 16.5. The first kappa shape index (κ1) is 15.9. The zero-order valence-corrected chi connectivity index (χ0v) is 13.2. The van der Waals surface area contributed by atoms with Gasteiger partial charge >= 0.3 is 0 Å². The fourth-order valence-electron chi connectivity index (χ4n) is 3.86. The zero-order chi connectivity index (χ0) is 16.1. The van der Waals surface area contributed by atoms with Crippen LogP contribution in [0.3, 0.4) is 0 Å². The minimum atomic E-state index is 0. The summed E-state index contributed by atoms with van der Waals surface area (Å²) in [4.78, 5) is 7.16. The minimum Gasteiger partial charge on any atom is -0.372 e. The molecule has 2 aromatic heterocycles. The van der Waals surface area contributed by atoms with Gasteiger partial charge in [-0.1, -0.05) is 19.6 Å². The lowest BCUT2D eigenvalue weighted by atomic mass is 10.1. The van der Waals surface area contributed by atoms with Crippen molar-refractivity contribution in [3.8, 4) is 6.07 Å². The average Bonchev–Trinajstić information content (AvgIpc) is 3.25. The molecule has 6 nitrogen and oxygen atoms in total. The van der Waals surface area contributed by atoms with Crippen LogP contribution in [-0.4, -0.2) is 35.6 Å². The minimum absolute atomic E-state index is 0. The van der Waals surface area contributed by atoms with Crippen molar-refractivity contribution in [1.82, 2.24) is 14.7 Å². The van der Waals surface area contributed by atoms with E-state index in [1.807, 2.05) is 18.2 Å². The van der Waals surface area contributed by atoms with Gasteiger partial charge < -0.3 is 15.0 Å². The maximum absolute atomic E-state index is 9.74. The van der Waals surface area contributed by atoms with Gasteiger partial charge in [0.2, 0.25) is 0 Å². The number of aromatic nitrogens is 2. The molecule has 0 saturated carbocycles. The molecule has 0 aliphatic carbocycles. The van der Waals surface area contributed by atoms with E-state index in [9.17, 15) is 5.26 Å². The molecule has 0 bridgehead atoms. The second-order valence-electron chi connectivity index (χ2n) is 6.26. The topological polar surface area (TPSA) is 65.6 Å². The Morgan fingerprint density at radius 3 is 2.68 bits per heavy atom. The van der Waals surface area contributed by atoms with Gasteiger partial charge in [0.25, 0.3) is 0 Å². The van der Waals surface area contributed by atoms with Crippen LogP contribution < -0.4 is 10.2 Å². The van der Waals surface area contributed by atoms with Gasteiger partial charge in [-0.3, -0.25) is 4.40 Å². The zero-order valence-electron chi connectivity index (χ0n) is 13.2. The van der Waals surface area contributed by atoms with E-state index in [4.69, 9.17) is 9.72 Å². The number of benzene rings is 1. The highest BCUT2D eigenvalue weighted by Gasteiger charge is 2.29. The van der Waals surface area contributed by atoms with Crippen molar-refractivity contribution in [2.45, 2.75) is 20.6 Å². The van der Waals surface area contributed by atoms with Crippen LogP contribution in [0, 0.1) is 11.3 Å². The Kier molecular flexibility index (Phi) is 3.83. The van der Waals surface area contributed by atoms with Crippen LogP contribution in [-0.2, 0) is 18.0 Å². The smallest absolute Gasteiger partial charge is 0.157 e. The average molecular weight is 335 g/mol. The van der Waals surface area contributed by atoms with Crippen LogP contribution >= 0.6 is 0 Å². The second-order valence-corrected chi connectivity index (χ2v) is 6.26. The number of fused-ring (bicyclic) bond motifs is 4. The molecule has 1 N–H and O–H groups in total. The molecule has 2 aliphatic heterocycles. The van der Waals surface area contributed by atoms with Gasteiger partial charge in [-0.05, 0) is 12.1 Å². The molecule has 6 heteroatoms. The Bertz CT molecular complexity index is 995. The van der Waals surface area contributed by atoms with Crippen molar-refractivity contribution in [2.75, 3.05) is 31.1 Å². The molecule has 0 radical (unpaired) electrons. The molecule has 0 amide bonds. The molecule has 128 valence electrons. The summed E-state index contributed by atoms with van der Waals surface area (Å²) >= 11 is 0. The number of rotatable bonds is 1. The fraction of sp³-hybridized carbons (Fsp3) is 0.368. The van der Waals surface area contributed by atoms with E-state index in [0.717, 1.165) is 59.8 Å². The highest BCUT2D eigenvalue weighted by molar-refractivity contribution is 5.86. The molecular weight excluding hydrogens is 314 g/mol. The van der Waals surface area contributed by atoms with Crippen molar-refractivity contribution >= 4 is 22.5 Å². The lowest BCUT2D eigenvalue weighted by Crippen LogP contribution is -2.44. The predicted molar refractivity (Wildman–Crippen MR) is 97.7 cm³/mol. The van der Waals surface area contributed by atoms with Gasteiger partial charge in [0.15, 0.2) is 5.65 Å². The van der Waals surface area contributed by atoms with Gasteiger partial charge in [-0.2, -0.15) is 5.26 Å². The molecular formula is C19H21N5O. The van der Waals surface area contributed by atoms with E-state index in [1.165, 1.54) is 0 Å². The molecule has 4 heterocycles. The third-order valence-electron chi connectivity index (χ3n) is 4.95. The summed E-state index contributed by atoms with van der Waals surface area (Å²) < 4.78 is 7.87. The Morgan fingerprint density at radius 2 is 1.88 bits per heavy atom. The van der Waals surface area contributed by atoms with E-state index < -0.39 is 0 Å². The summed E-state index contributed by atoms with van der Waals surface area (Å²) in [5.41, 5.74) is 5.52. The van der Waals surface area contributed by atoms with Crippen LogP contribution in [0.4, 0.5) is 5.82 Å². The van der Waals surface area contributed by atoms with E-state index in [-0.39, 0.29) is 7.43 Å². The highest BCUT2D eigenvalue weighted by Crippen LogP contribution is 2.37. The SMILES string of the molecule is C.N#Cc1c2c(c(N3CCNCC3)n3c1nc1ccccc13)COC2. The molecule has 1 fully saturated rings. The quantitative estimate of drug-likeness (QED) is 0.740. The summed E-state index contributed by atoms with van der Waals surface area (Å²) in [6.07, 6.45) is 0. The first-order valence-corrected chi connectivity index (χ1v) is 8.27. The lowest BCUT2D eigenvalue weighted by molar-refractivity contribution is 0.134. The van der Waals surface area contributed by atoms with E-state index in [1.54, 1.807) is 0 Å². The number of anilines is 1. The maximum Gasteiger partial charge on any atom is 0.157 e. The van der Waals surface area contributed by atoms with E-state index in [2.05, 4.69) is 26.8 Å². The number of hydrogen-bond donors (Lipinski definition) is 1. The predicted octanol–water partition coefficient (Wildman–Crippen LogP) is 2.44. The van der Waals surface area contributed by atoms with Gasteiger partial charge in [0, 0.05) is 37.3 Å². The number of nitrogens with zero attached hydrogens (tertiary/aromatic N) is 4. The summed E-state index contributed by atoms with van der Waals surface area (Å²) in [5.74, 6) is 1.15. The monoisotopic (exact) mass is 335 g/mol. The first-order chi connectivity index (χ1) is 11.9. The Labute approximate surface area is 146 Å². The number of ether oxygens (including phenoxy) is 1. The van der Waals surface area contributed by atoms with Gasteiger partial charge in [0.1, 0.15) is 17.5 Å². The molecule has 25 heavy (non-hydrogen) atoms. The number of pyridine rings is 1. The van der Waals surface area contributed by atoms with Gasteiger partial charge in [-0.15, -0.1) is 0 Å². The third-order valence-corrected chi connectivity index (χ3v) is 4.95. The number of hydrogen-bond acceptors (Lipinski definition) is 5. The Morgan fingerprint density at radius 1 is 1.12 bits per heavy atom. The Hall–Kier alpha value is -2.62. The van der Waals surface area contributed by atoms with E-state index >= 15 is 0 Å². The van der Waals surface area contributed by atoms with Crippen molar-refractivity contribution in [3.63, 3.8) is 0 Å². The number of nitriles is 1. The third kappa shape index (κ3) is 2.20. The molecule has 0 atom stereocenters. The number of para-hydroxylation sites is 2. The second kappa shape index (κ2) is 6.03. The normalized spacial score (nSPS) is 16.7. The van der Waals surface area contributed by atoms with Crippen LogP contribution in [0.2, 0.25) is 0 Å². The lowest BCUT2D eigenvalue weighted by Gasteiger charge is -2.31. The molecule has 5 rings (SSSR count). The number of imidazole rings is 1. The van der Waals surface area contributed by atoms with Crippen molar-refractivity contribution < 1.29 is 4.74 Å². The largest absolute Gasteiger partial charge is 0.372 e. The van der Waals surface area contributed by atoms with E-state index in [0.29, 0.717) is 18.8 Å². The summed E-state index contributed by atoms with van der Waals surface area (Å²) in [6, 6.07) is 10.5. The molecule has 1 aromatic carbocycles. The van der Waals surface area contributed by atoms with Crippen molar-refractivity contribution in [2.24, 2.45) is 0 Å². The summed E-state index contributed by atoms with van der Waals surface area (Å²) in [5, 5.41) is 13.1. The molecule has 0 unspecified atom stereocenters. The summed E-state index contributed by atoms with van der Waals surface area (Å²) in [7, 11) is 0. The maximum atomic E-state index is 9.74. The molecule has 2 aliphatic rings. The molecule has 3 aromatic rings. The first-order valence-electron chi connectivity index (χ1n) is 8.27.